The Bertz CT molecular complexity index is 1200. The standard InChI is InChI=1S/C20H19N5OS3/c1-12-3-6-14(7-4-12)18-23-24-20(27)25(18)10-9-17(26)22-19-21-15(11-28-19)16-8-5-13(2)29-16/h3-8,11H,9-10H2,1-2H3,(H,24,27)(H,21,22,26). The van der Waals surface area contributed by atoms with E-state index in [1.165, 1.54) is 21.8 Å². The maximum absolute atomic E-state index is 12.4. The number of benzene rings is 1. The fraction of sp³-hybridized carbons (Fsp3) is 0.200. The van der Waals surface area contributed by atoms with E-state index in [2.05, 4.69) is 33.5 Å². The predicted octanol–water partition coefficient (Wildman–Crippen LogP) is 5.44. The number of rotatable bonds is 6. The maximum Gasteiger partial charge on any atom is 0.227 e. The number of anilines is 1. The highest BCUT2D eigenvalue weighted by Crippen LogP contribution is 2.30. The molecular weight excluding hydrogens is 422 g/mol. The van der Waals surface area contributed by atoms with Crippen molar-refractivity contribution >= 4 is 45.9 Å². The Morgan fingerprint density at radius 2 is 2.00 bits per heavy atom. The number of nitrogens with one attached hydrogen (secondary N) is 2. The zero-order valence-corrected chi connectivity index (χ0v) is 18.4. The molecule has 6 nitrogen and oxygen atoms in total. The van der Waals surface area contributed by atoms with Gasteiger partial charge in [-0.1, -0.05) is 29.8 Å². The molecule has 4 rings (SSSR count). The van der Waals surface area contributed by atoms with Gasteiger partial charge < -0.3 is 5.32 Å². The van der Waals surface area contributed by atoms with Gasteiger partial charge in [-0.2, -0.15) is 5.10 Å². The van der Waals surface area contributed by atoms with Crippen molar-refractivity contribution in [1.29, 1.82) is 0 Å². The van der Waals surface area contributed by atoms with Crippen molar-refractivity contribution in [3.63, 3.8) is 0 Å². The number of nitrogens with zero attached hydrogens (tertiary/aromatic N) is 3. The summed E-state index contributed by atoms with van der Waals surface area (Å²) in [6.07, 6.45) is 0.278. The summed E-state index contributed by atoms with van der Waals surface area (Å²) in [6, 6.07) is 12.2. The van der Waals surface area contributed by atoms with Crippen LogP contribution in [0, 0.1) is 18.6 Å². The van der Waals surface area contributed by atoms with Gasteiger partial charge in [0.2, 0.25) is 5.91 Å². The van der Waals surface area contributed by atoms with Crippen molar-refractivity contribution in [2.75, 3.05) is 5.32 Å². The third-order valence-electron chi connectivity index (χ3n) is 4.37. The summed E-state index contributed by atoms with van der Waals surface area (Å²) in [5.74, 6) is 0.624. The van der Waals surface area contributed by atoms with Crippen LogP contribution in [-0.2, 0) is 11.3 Å². The van der Waals surface area contributed by atoms with Crippen LogP contribution in [0.5, 0.6) is 0 Å². The Balaban J connectivity index is 1.42. The van der Waals surface area contributed by atoms with Gasteiger partial charge in [-0.25, -0.2) is 4.98 Å². The number of hydrogen-bond acceptors (Lipinski definition) is 6. The second kappa shape index (κ2) is 8.40. The monoisotopic (exact) mass is 441 g/mol. The van der Waals surface area contributed by atoms with Crippen molar-refractivity contribution in [1.82, 2.24) is 19.7 Å². The smallest absolute Gasteiger partial charge is 0.227 e. The molecule has 9 heteroatoms. The van der Waals surface area contributed by atoms with Crippen molar-refractivity contribution in [2.24, 2.45) is 0 Å². The number of aromatic amines is 1. The minimum absolute atomic E-state index is 0.105. The molecule has 0 aliphatic carbocycles. The molecule has 0 saturated carbocycles. The van der Waals surface area contributed by atoms with E-state index in [1.807, 2.05) is 47.2 Å². The number of hydrogen-bond donors (Lipinski definition) is 2. The molecular formula is C20H19N5OS3. The van der Waals surface area contributed by atoms with Crippen LogP contribution in [0.4, 0.5) is 5.13 Å². The molecule has 0 spiro atoms. The molecule has 0 saturated heterocycles. The largest absolute Gasteiger partial charge is 0.302 e. The number of amides is 1. The van der Waals surface area contributed by atoms with Crippen LogP contribution in [-0.4, -0.2) is 25.7 Å². The van der Waals surface area contributed by atoms with Crippen LogP contribution in [0.25, 0.3) is 22.0 Å². The lowest BCUT2D eigenvalue weighted by atomic mass is 10.1. The Labute approximate surface area is 181 Å². The Morgan fingerprint density at radius 3 is 2.72 bits per heavy atom. The summed E-state index contributed by atoms with van der Waals surface area (Å²) < 4.78 is 2.35. The quantitative estimate of drug-likeness (QED) is 0.391. The molecule has 3 aromatic heterocycles. The summed E-state index contributed by atoms with van der Waals surface area (Å²) in [6.45, 7) is 4.54. The molecule has 0 unspecified atom stereocenters. The number of carbonyl (C=O) groups excluding carboxylic acids is 1. The van der Waals surface area contributed by atoms with Gasteiger partial charge in [-0.05, 0) is 38.2 Å². The van der Waals surface area contributed by atoms with Crippen LogP contribution in [0.3, 0.4) is 0 Å². The zero-order valence-electron chi connectivity index (χ0n) is 15.9. The van der Waals surface area contributed by atoms with E-state index < -0.39 is 0 Å². The van der Waals surface area contributed by atoms with E-state index in [-0.39, 0.29) is 12.3 Å². The summed E-state index contributed by atoms with van der Waals surface area (Å²) in [5, 5.41) is 12.6. The maximum atomic E-state index is 12.4. The van der Waals surface area contributed by atoms with Crippen molar-refractivity contribution in [3.05, 3.63) is 57.0 Å². The van der Waals surface area contributed by atoms with Gasteiger partial charge in [0.25, 0.3) is 0 Å². The Hall–Kier alpha value is -2.62. The number of thiophene rings is 1. The number of aryl methyl sites for hydroxylation is 2. The van der Waals surface area contributed by atoms with Gasteiger partial charge >= 0.3 is 0 Å². The first-order valence-electron chi connectivity index (χ1n) is 9.04. The van der Waals surface area contributed by atoms with Crippen molar-refractivity contribution in [3.8, 4) is 22.0 Å². The molecule has 1 aromatic carbocycles. The van der Waals surface area contributed by atoms with E-state index in [0.717, 1.165) is 22.0 Å². The molecule has 0 atom stereocenters. The van der Waals surface area contributed by atoms with Gasteiger partial charge in [0.05, 0.1) is 10.6 Å². The number of aromatic nitrogens is 4. The van der Waals surface area contributed by atoms with Gasteiger partial charge in [-0.15, -0.1) is 22.7 Å². The van der Waals surface area contributed by atoms with Gasteiger partial charge in [0.1, 0.15) is 0 Å². The lowest BCUT2D eigenvalue weighted by Gasteiger charge is -2.07. The summed E-state index contributed by atoms with van der Waals surface area (Å²) in [7, 11) is 0. The molecule has 2 N–H and O–H groups in total. The highest BCUT2D eigenvalue weighted by Gasteiger charge is 2.13. The number of H-pyrrole nitrogens is 1. The molecule has 0 aliphatic heterocycles. The second-order valence-corrected chi connectivity index (χ2v) is 9.15. The summed E-state index contributed by atoms with van der Waals surface area (Å²) in [5.41, 5.74) is 3.02. The molecule has 4 aromatic rings. The number of thiazole rings is 1. The average Bonchev–Trinajstić information content (AvgIpc) is 3.41. The molecule has 3 heterocycles. The topological polar surface area (TPSA) is 75.6 Å². The van der Waals surface area contributed by atoms with Crippen LogP contribution < -0.4 is 5.32 Å². The molecule has 29 heavy (non-hydrogen) atoms. The van der Waals surface area contributed by atoms with Crippen molar-refractivity contribution in [2.45, 2.75) is 26.8 Å². The highest BCUT2D eigenvalue weighted by molar-refractivity contribution is 7.71. The lowest BCUT2D eigenvalue weighted by Crippen LogP contribution is -2.15. The van der Waals surface area contributed by atoms with Gasteiger partial charge in [0, 0.05) is 28.8 Å². The SMILES string of the molecule is Cc1ccc(-c2n[nH]c(=S)n2CCC(=O)Nc2nc(-c3ccc(C)s3)cs2)cc1. The Kier molecular flexibility index (Phi) is 5.70. The lowest BCUT2D eigenvalue weighted by molar-refractivity contribution is -0.116. The third-order valence-corrected chi connectivity index (χ3v) is 6.47. The van der Waals surface area contributed by atoms with Crippen LogP contribution in [0.15, 0.2) is 41.8 Å². The highest BCUT2D eigenvalue weighted by atomic mass is 32.1. The molecule has 148 valence electrons. The van der Waals surface area contributed by atoms with Crippen LogP contribution in [0.1, 0.15) is 16.9 Å². The molecule has 0 fully saturated rings. The number of carbonyl (C=O) groups is 1. The molecule has 0 bridgehead atoms. The minimum atomic E-state index is -0.105. The normalized spacial score (nSPS) is 11.0. The fourth-order valence-corrected chi connectivity index (χ4v) is 4.71. The van der Waals surface area contributed by atoms with E-state index in [0.29, 0.717) is 16.4 Å². The van der Waals surface area contributed by atoms with Gasteiger partial charge in [0.15, 0.2) is 15.7 Å². The first-order valence-corrected chi connectivity index (χ1v) is 11.1. The minimum Gasteiger partial charge on any atom is -0.302 e. The van der Waals surface area contributed by atoms with E-state index in [9.17, 15) is 4.79 Å². The first-order chi connectivity index (χ1) is 14.0. The molecule has 0 aliphatic rings. The Morgan fingerprint density at radius 1 is 1.21 bits per heavy atom. The van der Waals surface area contributed by atoms with Gasteiger partial charge in [-0.3, -0.25) is 14.5 Å². The summed E-state index contributed by atoms with van der Waals surface area (Å²) in [4.78, 5) is 19.3. The van der Waals surface area contributed by atoms with E-state index in [4.69, 9.17) is 12.2 Å². The molecule has 0 radical (unpaired) electrons. The van der Waals surface area contributed by atoms with Crippen LogP contribution >= 0.6 is 34.9 Å². The molecule has 1 amide bonds. The zero-order chi connectivity index (χ0) is 20.4. The van der Waals surface area contributed by atoms with E-state index >= 15 is 0 Å². The fourth-order valence-electron chi connectivity index (χ4n) is 2.86. The van der Waals surface area contributed by atoms with Crippen molar-refractivity contribution < 1.29 is 4.79 Å². The van der Waals surface area contributed by atoms with Crippen LogP contribution in [0.2, 0.25) is 0 Å². The van der Waals surface area contributed by atoms with E-state index in [1.54, 1.807) is 11.3 Å². The second-order valence-electron chi connectivity index (χ2n) is 6.62. The third kappa shape index (κ3) is 4.52. The average molecular weight is 442 g/mol. The summed E-state index contributed by atoms with van der Waals surface area (Å²) >= 11 is 8.46. The first kappa shape index (κ1) is 19.7. The predicted molar refractivity (Wildman–Crippen MR) is 121 cm³/mol.